The van der Waals surface area contributed by atoms with Gasteiger partial charge >= 0.3 is 0 Å². The minimum absolute atomic E-state index is 0.0665. The second kappa shape index (κ2) is 8.65. The molecular weight excluding hydrogens is 446 g/mol. The average molecular weight is 486 g/mol. The maximum absolute atomic E-state index is 11.1. The van der Waals surface area contributed by atoms with E-state index in [0.717, 1.165) is 28.7 Å². The molecule has 0 saturated heterocycles. The highest BCUT2D eigenvalue weighted by Crippen LogP contribution is 2.41. The predicted octanol–water partition coefficient (Wildman–Crippen LogP) is 7.82. The Morgan fingerprint density at radius 1 is 0.806 bits per heavy atom. The highest BCUT2D eigenvalue weighted by Gasteiger charge is 2.28. The van der Waals surface area contributed by atoms with Crippen LogP contribution in [0.1, 0.15) is 78.5 Å². The van der Waals surface area contributed by atoms with E-state index in [1.54, 1.807) is 6.07 Å². The Hall–Kier alpha value is -3.34. The molecule has 4 aromatic rings. The molecule has 0 bridgehead atoms. The average Bonchev–Trinajstić information content (AvgIpc) is 3.17. The van der Waals surface area contributed by atoms with Crippen molar-refractivity contribution in [3.05, 3.63) is 65.2 Å². The number of aromatic hydroxyl groups is 2. The first kappa shape index (κ1) is 25.7. The van der Waals surface area contributed by atoms with Gasteiger partial charge in [-0.2, -0.15) is 0 Å². The second-order valence-corrected chi connectivity index (χ2v) is 12.9. The van der Waals surface area contributed by atoms with Crippen molar-refractivity contribution in [1.29, 1.82) is 0 Å². The zero-order valence-electron chi connectivity index (χ0n) is 23.1. The third-order valence-electron chi connectivity index (χ3n) is 6.71. The van der Waals surface area contributed by atoms with Crippen LogP contribution in [0.15, 0.2) is 48.5 Å². The van der Waals surface area contributed by atoms with Gasteiger partial charge in [0.15, 0.2) is 0 Å². The molecule has 0 fully saturated rings. The van der Waals surface area contributed by atoms with Gasteiger partial charge in [-0.15, -0.1) is 15.0 Å². The number of fused-ring (bicyclic) bond motifs is 1. The van der Waals surface area contributed by atoms with Crippen molar-refractivity contribution in [2.24, 2.45) is 5.41 Å². The van der Waals surface area contributed by atoms with Crippen LogP contribution in [0.5, 0.6) is 11.5 Å². The van der Waals surface area contributed by atoms with Gasteiger partial charge < -0.3 is 10.2 Å². The Morgan fingerprint density at radius 2 is 1.50 bits per heavy atom. The van der Waals surface area contributed by atoms with Gasteiger partial charge in [0, 0.05) is 16.7 Å². The summed E-state index contributed by atoms with van der Waals surface area (Å²) in [6.07, 6.45) is 1.01. The van der Waals surface area contributed by atoms with Crippen LogP contribution >= 0.6 is 0 Å². The Labute approximate surface area is 214 Å². The van der Waals surface area contributed by atoms with Crippen molar-refractivity contribution in [3.8, 4) is 28.3 Å². The van der Waals surface area contributed by atoms with Crippen molar-refractivity contribution in [1.82, 2.24) is 15.0 Å². The summed E-state index contributed by atoms with van der Waals surface area (Å²) in [5.41, 5.74) is 6.40. The minimum atomic E-state index is -0.228. The molecule has 1 aromatic heterocycles. The first-order chi connectivity index (χ1) is 16.6. The topological polar surface area (TPSA) is 71.2 Å². The molecule has 2 N–H and O–H groups in total. The van der Waals surface area contributed by atoms with Crippen LogP contribution in [0.3, 0.4) is 0 Å². The second-order valence-electron chi connectivity index (χ2n) is 12.9. The van der Waals surface area contributed by atoms with E-state index in [2.05, 4.69) is 61.5 Å². The molecule has 4 rings (SSSR count). The van der Waals surface area contributed by atoms with E-state index in [-0.39, 0.29) is 27.7 Å². The fraction of sp³-hybridized carbons (Fsp3) is 0.419. The summed E-state index contributed by atoms with van der Waals surface area (Å²) in [4.78, 5) is 1.51. The van der Waals surface area contributed by atoms with Crippen LogP contribution in [0.4, 0.5) is 0 Å². The third kappa shape index (κ3) is 4.97. The molecule has 0 radical (unpaired) electrons. The van der Waals surface area contributed by atoms with Gasteiger partial charge in [0.2, 0.25) is 0 Å². The lowest BCUT2D eigenvalue weighted by Gasteiger charge is -2.33. The molecule has 0 aliphatic heterocycles. The Kier molecular flexibility index (Phi) is 6.19. The SMILES string of the molecule is Cc1cc(-n2nc3cccc(-c4cc(C(C)(C)CC(C)(C)C)ccc4O)c3n2)c(O)c(C(C)(C)C)c1. The van der Waals surface area contributed by atoms with Gasteiger partial charge in [-0.1, -0.05) is 79.7 Å². The Balaban J connectivity index is 1.88. The van der Waals surface area contributed by atoms with Gasteiger partial charge in [0.1, 0.15) is 28.2 Å². The lowest BCUT2D eigenvalue weighted by molar-refractivity contribution is 0.284. The molecule has 0 unspecified atom stereocenters. The lowest BCUT2D eigenvalue weighted by atomic mass is 9.72. The zero-order chi connectivity index (χ0) is 26.6. The molecule has 5 heteroatoms. The molecule has 36 heavy (non-hydrogen) atoms. The van der Waals surface area contributed by atoms with Crippen LogP contribution in [0.25, 0.3) is 27.8 Å². The van der Waals surface area contributed by atoms with E-state index >= 15 is 0 Å². The number of benzene rings is 3. The predicted molar refractivity (Wildman–Crippen MR) is 148 cm³/mol. The maximum atomic E-state index is 11.1. The van der Waals surface area contributed by atoms with E-state index in [0.29, 0.717) is 16.7 Å². The number of rotatable bonds is 4. The van der Waals surface area contributed by atoms with Gasteiger partial charge in [-0.3, -0.25) is 0 Å². The molecule has 190 valence electrons. The Bertz CT molecular complexity index is 1430. The summed E-state index contributed by atoms with van der Waals surface area (Å²) in [6, 6.07) is 15.6. The summed E-state index contributed by atoms with van der Waals surface area (Å²) >= 11 is 0. The van der Waals surface area contributed by atoms with Gasteiger partial charge in [-0.25, -0.2) is 0 Å². The molecule has 5 nitrogen and oxygen atoms in total. The van der Waals surface area contributed by atoms with E-state index in [4.69, 9.17) is 10.2 Å². The lowest BCUT2D eigenvalue weighted by Crippen LogP contribution is -2.24. The molecule has 0 aliphatic carbocycles. The number of phenols is 2. The maximum Gasteiger partial charge on any atom is 0.146 e. The van der Waals surface area contributed by atoms with Crippen molar-refractivity contribution in [2.75, 3.05) is 0 Å². The van der Waals surface area contributed by atoms with Crippen molar-refractivity contribution in [3.63, 3.8) is 0 Å². The largest absolute Gasteiger partial charge is 0.507 e. The highest BCUT2D eigenvalue weighted by molar-refractivity contribution is 5.93. The summed E-state index contributed by atoms with van der Waals surface area (Å²) in [5.74, 6) is 0.393. The van der Waals surface area contributed by atoms with Crippen LogP contribution in [-0.2, 0) is 10.8 Å². The van der Waals surface area contributed by atoms with E-state index in [9.17, 15) is 10.2 Å². The third-order valence-corrected chi connectivity index (χ3v) is 6.71. The summed E-state index contributed by atoms with van der Waals surface area (Å²) in [5, 5.41) is 31.5. The quantitative estimate of drug-likeness (QED) is 0.309. The molecule has 0 aliphatic rings. The van der Waals surface area contributed by atoms with Crippen molar-refractivity contribution >= 4 is 11.0 Å². The molecule has 0 amide bonds. The zero-order valence-corrected chi connectivity index (χ0v) is 23.1. The van der Waals surface area contributed by atoms with Crippen molar-refractivity contribution in [2.45, 2.75) is 79.6 Å². The normalized spacial score (nSPS) is 12.9. The molecule has 0 atom stereocenters. The minimum Gasteiger partial charge on any atom is -0.507 e. The first-order valence-electron chi connectivity index (χ1n) is 12.6. The van der Waals surface area contributed by atoms with Crippen LogP contribution in [-0.4, -0.2) is 25.2 Å². The summed E-state index contributed by atoms with van der Waals surface area (Å²) in [6.45, 7) is 19.5. The number of phenolic OH excluding ortho intramolecular Hbond substituents is 2. The molecule has 0 saturated carbocycles. The fourth-order valence-corrected chi connectivity index (χ4v) is 5.35. The van der Waals surface area contributed by atoms with Crippen LogP contribution in [0.2, 0.25) is 0 Å². The van der Waals surface area contributed by atoms with Gasteiger partial charge in [-0.05, 0) is 65.0 Å². The molecular formula is C31H39N3O2. The monoisotopic (exact) mass is 485 g/mol. The first-order valence-corrected chi connectivity index (χ1v) is 12.6. The number of nitrogens with zero attached hydrogens (tertiary/aromatic N) is 3. The number of hydrogen-bond acceptors (Lipinski definition) is 4. The summed E-state index contributed by atoms with van der Waals surface area (Å²) < 4.78 is 0. The molecule has 1 heterocycles. The van der Waals surface area contributed by atoms with Crippen LogP contribution < -0.4 is 0 Å². The fourth-order valence-electron chi connectivity index (χ4n) is 5.35. The van der Waals surface area contributed by atoms with Gasteiger partial charge in [0.25, 0.3) is 0 Å². The molecule has 0 spiro atoms. The van der Waals surface area contributed by atoms with E-state index in [1.165, 1.54) is 10.4 Å². The summed E-state index contributed by atoms with van der Waals surface area (Å²) in [7, 11) is 0. The van der Waals surface area contributed by atoms with Crippen LogP contribution in [0, 0.1) is 12.3 Å². The highest BCUT2D eigenvalue weighted by atomic mass is 16.3. The number of hydrogen-bond donors (Lipinski definition) is 2. The smallest absolute Gasteiger partial charge is 0.146 e. The Morgan fingerprint density at radius 3 is 2.14 bits per heavy atom. The standard InChI is InChI=1S/C31H39N3O2/c1-19-15-23(30(5,6)7)28(36)25(16-19)34-32-24-12-10-11-21(27(24)33-34)22-17-20(13-14-26(22)35)31(8,9)18-29(2,3)4/h10-17,35-36H,18H2,1-9H3. The van der Waals surface area contributed by atoms with Gasteiger partial charge in [0.05, 0.1) is 0 Å². The van der Waals surface area contributed by atoms with E-state index < -0.39 is 0 Å². The van der Waals surface area contributed by atoms with Crippen molar-refractivity contribution < 1.29 is 10.2 Å². The molecule has 3 aromatic carbocycles. The number of aromatic nitrogens is 3. The number of aryl methyl sites for hydroxylation is 1. The van der Waals surface area contributed by atoms with E-state index in [1.807, 2.05) is 43.3 Å².